The van der Waals surface area contributed by atoms with Gasteiger partial charge >= 0.3 is 0 Å². The molecule has 0 atom stereocenters. The largest absolute Gasteiger partial charge is 0.487 e. The summed E-state index contributed by atoms with van der Waals surface area (Å²) in [6, 6.07) is 10.2. The summed E-state index contributed by atoms with van der Waals surface area (Å²) >= 11 is 1.78. The Morgan fingerprint density at radius 3 is 3.00 bits per heavy atom. The van der Waals surface area contributed by atoms with Crippen molar-refractivity contribution in [2.45, 2.75) is 13.5 Å². The molecule has 90 valence electrons. The molecule has 2 heterocycles. The predicted octanol–water partition coefficient (Wildman–Crippen LogP) is 4.18. The minimum atomic E-state index is 0.592. The molecule has 18 heavy (non-hydrogen) atoms. The Morgan fingerprint density at radius 2 is 2.17 bits per heavy atom. The minimum Gasteiger partial charge on any atom is -0.487 e. The Balaban J connectivity index is 1.85. The molecule has 0 bridgehead atoms. The summed E-state index contributed by atoms with van der Waals surface area (Å²) in [5.41, 5.74) is 2.56. The maximum Gasteiger partial charge on any atom is 0.138 e. The first-order valence-electron chi connectivity index (χ1n) is 5.83. The number of nitrogens with zero attached hydrogens (tertiary/aromatic N) is 1. The summed E-state index contributed by atoms with van der Waals surface area (Å²) in [5, 5.41) is 3.47. The average molecular weight is 255 g/mol. The van der Waals surface area contributed by atoms with Crippen LogP contribution in [0.2, 0.25) is 0 Å². The molecule has 0 aliphatic carbocycles. The van der Waals surface area contributed by atoms with Gasteiger partial charge in [-0.2, -0.15) is 0 Å². The quantitative estimate of drug-likeness (QED) is 0.700. The van der Waals surface area contributed by atoms with Gasteiger partial charge in [0.1, 0.15) is 12.4 Å². The van der Waals surface area contributed by atoms with Gasteiger partial charge in [0.2, 0.25) is 0 Å². The highest BCUT2D eigenvalue weighted by Gasteiger charge is 2.06. The van der Waals surface area contributed by atoms with Crippen LogP contribution < -0.4 is 4.74 Å². The van der Waals surface area contributed by atoms with Gasteiger partial charge in [-0.1, -0.05) is 18.2 Å². The van der Waals surface area contributed by atoms with Crippen molar-refractivity contribution in [3.05, 3.63) is 59.2 Å². The van der Waals surface area contributed by atoms with E-state index in [1.54, 1.807) is 23.7 Å². The molecule has 0 radical (unpaired) electrons. The normalized spacial score (nSPS) is 10.7. The van der Waals surface area contributed by atoms with E-state index in [4.69, 9.17) is 4.74 Å². The second-order valence-corrected chi connectivity index (χ2v) is 5.07. The molecule has 2 aromatic heterocycles. The van der Waals surface area contributed by atoms with E-state index in [1.807, 2.05) is 12.1 Å². The number of ether oxygens (including phenoxy) is 1. The maximum atomic E-state index is 5.74. The topological polar surface area (TPSA) is 22.1 Å². The first kappa shape index (κ1) is 11.2. The lowest BCUT2D eigenvalue weighted by atomic mass is 10.1. The highest BCUT2D eigenvalue weighted by Crippen LogP contribution is 2.29. The number of hydrogen-bond donors (Lipinski definition) is 0. The van der Waals surface area contributed by atoms with Gasteiger partial charge in [-0.15, -0.1) is 11.3 Å². The number of aryl methyl sites for hydroxylation is 1. The van der Waals surface area contributed by atoms with Crippen molar-refractivity contribution in [3.8, 4) is 5.75 Å². The van der Waals surface area contributed by atoms with Crippen LogP contribution in [-0.4, -0.2) is 4.98 Å². The predicted molar refractivity (Wildman–Crippen MR) is 75.1 cm³/mol. The van der Waals surface area contributed by atoms with Crippen molar-refractivity contribution in [1.82, 2.24) is 4.98 Å². The Morgan fingerprint density at radius 1 is 1.22 bits per heavy atom. The van der Waals surface area contributed by atoms with Crippen LogP contribution in [0, 0.1) is 6.92 Å². The standard InChI is InChI=1S/C15H13NOS/c1-11-4-2-6-14-12(10-18-15(11)14)9-17-13-5-3-7-16-8-13/h2-8,10H,9H2,1H3. The molecule has 1 aromatic carbocycles. The number of pyridine rings is 1. The van der Waals surface area contributed by atoms with Crippen LogP contribution >= 0.6 is 11.3 Å². The van der Waals surface area contributed by atoms with Crippen LogP contribution in [0.5, 0.6) is 5.75 Å². The van der Waals surface area contributed by atoms with E-state index in [9.17, 15) is 0 Å². The van der Waals surface area contributed by atoms with Crippen molar-refractivity contribution in [3.63, 3.8) is 0 Å². The third-order valence-corrected chi connectivity index (χ3v) is 4.09. The van der Waals surface area contributed by atoms with Crippen LogP contribution in [0.25, 0.3) is 10.1 Å². The Kier molecular flexibility index (Phi) is 2.99. The van der Waals surface area contributed by atoms with E-state index in [-0.39, 0.29) is 0 Å². The zero-order valence-electron chi connectivity index (χ0n) is 10.1. The van der Waals surface area contributed by atoms with Crippen LogP contribution in [0.4, 0.5) is 0 Å². The van der Waals surface area contributed by atoms with Crippen LogP contribution in [0.15, 0.2) is 48.1 Å². The Bertz CT molecular complexity index is 661. The molecule has 0 saturated carbocycles. The molecule has 3 heteroatoms. The first-order valence-corrected chi connectivity index (χ1v) is 6.71. The zero-order valence-corrected chi connectivity index (χ0v) is 10.9. The molecular weight excluding hydrogens is 242 g/mol. The summed E-state index contributed by atoms with van der Waals surface area (Å²) in [5.74, 6) is 0.810. The van der Waals surface area contributed by atoms with E-state index >= 15 is 0 Å². The Hall–Kier alpha value is -1.87. The third kappa shape index (κ3) is 2.09. The minimum absolute atomic E-state index is 0.592. The summed E-state index contributed by atoms with van der Waals surface area (Å²) in [4.78, 5) is 4.04. The van der Waals surface area contributed by atoms with E-state index in [2.05, 4.69) is 35.5 Å². The maximum absolute atomic E-state index is 5.74. The number of rotatable bonds is 3. The molecule has 0 aliphatic rings. The molecule has 0 amide bonds. The number of thiophene rings is 1. The molecule has 3 rings (SSSR count). The van der Waals surface area contributed by atoms with Crippen LogP contribution in [-0.2, 0) is 6.61 Å². The van der Waals surface area contributed by atoms with Crippen LogP contribution in [0.3, 0.4) is 0 Å². The lowest BCUT2D eigenvalue weighted by molar-refractivity contribution is 0.307. The van der Waals surface area contributed by atoms with Gasteiger partial charge < -0.3 is 4.74 Å². The van der Waals surface area contributed by atoms with Gasteiger partial charge in [-0.05, 0) is 35.4 Å². The van der Waals surface area contributed by atoms with Gasteiger partial charge in [0.05, 0.1) is 6.20 Å². The molecule has 3 aromatic rings. The first-order chi connectivity index (χ1) is 8.84. The van der Waals surface area contributed by atoms with E-state index in [0.717, 1.165) is 5.75 Å². The number of benzene rings is 1. The molecule has 0 fully saturated rings. The second kappa shape index (κ2) is 4.78. The fraction of sp³-hybridized carbons (Fsp3) is 0.133. The lowest BCUT2D eigenvalue weighted by Crippen LogP contribution is -1.94. The SMILES string of the molecule is Cc1cccc2c(COc3cccnc3)csc12. The highest BCUT2D eigenvalue weighted by atomic mass is 32.1. The van der Waals surface area contributed by atoms with Crippen molar-refractivity contribution in [2.75, 3.05) is 0 Å². The fourth-order valence-electron chi connectivity index (χ4n) is 1.96. The summed E-state index contributed by atoms with van der Waals surface area (Å²) in [6.07, 6.45) is 3.48. The van der Waals surface area contributed by atoms with Crippen molar-refractivity contribution >= 4 is 21.4 Å². The van der Waals surface area contributed by atoms with E-state index in [0.29, 0.717) is 6.61 Å². The molecular formula is C15H13NOS. The summed E-state index contributed by atoms with van der Waals surface area (Å²) < 4.78 is 7.09. The molecule has 0 N–H and O–H groups in total. The van der Waals surface area contributed by atoms with Gasteiger partial charge in [-0.25, -0.2) is 0 Å². The number of hydrogen-bond acceptors (Lipinski definition) is 3. The monoisotopic (exact) mass is 255 g/mol. The van der Waals surface area contributed by atoms with Crippen molar-refractivity contribution in [2.24, 2.45) is 0 Å². The van der Waals surface area contributed by atoms with E-state index in [1.165, 1.54) is 21.2 Å². The third-order valence-electron chi connectivity index (χ3n) is 2.91. The summed E-state index contributed by atoms with van der Waals surface area (Å²) in [7, 11) is 0. The van der Waals surface area contributed by atoms with Crippen molar-refractivity contribution in [1.29, 1.82) is 0 Å². The van der Waals surface area contributed by atoms with Gasteiger partial charge in [0, 0.05) is 16.5 Å². The molecule has 2 nitrogen and oxygen atoms in total. The van der Waals surface area contributed by atoms with Gasteiger partial charge in [-0.3, -0.25) is 4.98 Å². The molecule has 0 saturated heterocycles. The number of aromatic nitrogens is 1. The molecule has 0 unspecified atom stereocenters. The van der Waals surface area contributed by atoms with Crippen molar-refractivity contribution < 1.29 is 4.74 Å². The number of fused-ring (bicyclic) bond motifs is 1. The van der Waals surface area contributed by atoms with Crippen LogP contribution in [0.1, 0.15) is 11.1 Å². The molecule has 0 aliphatic heterocycles. The average Bonchev–Trinajstić information content (AvgIpc) is 2.82. The summed E-state index contributed by atoms with van der Waals surface area (Å²) in [6.45, 7) is 2.74. The van der Waals surface area contributed by atoms with Gasteiger partial charge in [0.15, 0.2) is 0 Å². The van der Waals surface area contributed by atoms with E-state index < -0.39 is 0 Å². The second-order valence-electron chi connectivity index (χ2n) is 4.19. The smallest absolute Gasteiger partial charge is 0.138 e. The zero-order chi connectivity index (χ0) is 12.4. The lowest BCUT2D eigenvalue weighted by Gasteiger charge is -2.04. The highest BCUT2D eigenvalue weighted by molar-refractivity contribution is 7.17. The Labute approximate surface area is 110 Å². The van der Waals surface area contributed by atoms with Gasteiger partial charge in [0.25, 0.3) is 0 Å². The molecule has 0 spiro atoms. The fourth-order valence-corrected chi connectivity index (χ4v) is 3.00.